The zero-order chi connectivity index (χ0) is 15.6. The first kappa shape index (κ1) is 15.4. The van der Waals surface area contributed by atoms with Crippen LogP contribution in [-0.2, 0) is 4.79 Å². The number of amides is 1. The lowest BCUT2D eigenvalue weighted by atomic mass is 10.1. The van der Waals surface area contributed by atoms with E-state index >= 15 is 0 Å². The van der Waals surface area contributed by atoms with Crippen LogP contribution in [0.5, 0.6) is 11.5 Å². The molecule has 0 atom stereocenters. The van der Waals surface area contributed by atoms with Crippen molar-refractivity contribution in [2.45, 2.75) is 18.9 Å². The fourth-order valence-corrected chi connectivity index (χ4v) is 2.39. The van der Waals surface area contributed by atoms with Crippen LogP contribution in [0.4, 0.5) is 0 Å². The van der Waals surface area contributed by atoms with Crippen molar-refractivity contribution in [3.63, 3.8) is 0 Å². The third-order valence-corrected chi connectivity index (χ3v) is 3.52. The minimum atomic E-state index is -1.04. The fraction of sp³-hybridized carbons (Fsp3) is 0.429. The Kier molecular flexibility index (Phi) is 4.57. The number of aliphatic carboxylic acids is 1. The SMILES string of the molecule is COc1cc(C(=O)N(CC(=O)O)C2CC2)cc(Cl)c1OC. The molecule has 1 fully saturated rings. The highest BCUT2D eigenvalue weighted by Crippen LogP contribution is 2.37. The van der Waals surface area contributed by atoms with Gasteiger partial charge in [-0.2, -0.15) is 0 Å². The van der Waals surface area contributed by atoms with E-state index in [0.717, 1.165) is 12.8 Å². The molecule has 0 saturated heterocycles. The second-order valence-corrected chi connectivity index (χ2v) is 5.16. The van der Waals surface area contributed by atoms with Crippen LogP contribution in [0.25, 0.3) is 0 Å². The molecule has 0 heterocycles. The normalized spacial score (nSPS) is 13.7. The Morgan fingerprint density at radius 2 is 2.00 bits per heavy atom. The van der Waals surface area contributed by atoms with Gasteiger partial charge in [-0.3, -0.25) is 9.59 Å². The van der Waals surface area contributed by atoms with E-state index in [0.29, 0.717) is 11.5 Å². The number of ether oxygens (including phenoxy) is 2. The minimum absolute atomic E-state index is 0.0135. The van der Waals surface area contributed by atoms with Gasteiger partial charge in [0.1, 0.15) is 6.54 Å². The number of carbonyl (C=O) groups excluding carboxylic acids is 1. The lowest BCUT2D eigenvalue weighted by molar-refractivity contribution is -0.137. The second-order valence-electron chi connectivity index (χ2n) is 4.75. The van der Waals surface area contributed by atoms with Crippen LogP contribution < -0.4 is 9.47 Å². The van der Waals surface area contributed by atoms with Gasteiger partial charge in [0, 0.05) is 11.6 Å². The van der Waals surface area contributed by atoms with Gasteiger partial charge in [0.25, 0.3) is 5.91 Å². The quantitative estimate of drug-likeness (QED) is 0.870. The molecule has 1 aliphatic rings. The van der Waals surface area contributed by atoms with Gasteiger partial charge in [0.05, 0.1) is 19.2 Å². The largest absolute Gasteiger partial charge is 0.493 e. The topological polar surface area (TPSA) is 76.1 Å². The number of nitrogens with zero attached hydrogens (tertiary/aromatic N) is 1. The molecule has 1 saturated carbocycles. The average molecular weight is 314 g/mol. The lowest BCUT2D eigenvalue weighted by Crippen LogP contribution is -2.37. The van der Waals surface area contributed by atoms with Crippen molar-refractivity contribution in [3.05, 3.63) is 22.7 Å². The van der Waals surface area contributed by atoms with E-state index in [1.807, 2.05) is 0 Å². The van der Waals surface area contributed by atoms with E-state index in [-0.39, 0.29) is 29.1 Å². The van der Waals surface area contributed by atoms with Gasteiger partial charge >= 0.3 is 5.97 Å². The third kappa shape index (κ3) is 3.39. The van der Waals surface area contributed by atoms with Gasteiger partial charge in [-0.05, 0) is 25.0 Å². The predicted octanol–water partition coefficient (Wildman–Crippen LogP) is 2.05. The summed E-state index contributed by atoms with van der Waals surface area (Å²) in [6, 6.07) is 2.95. The van der Waals surface area contributed by atoms with Gasteiger partial charge in [0.2, 0.25) is 0 Å². The molecule has 0 bridgehead atoms. The molecule has 0 unspecified atom stereocenters. The Morgan fingerprint density at radius 3 is 2.48 bits per heavy atom. The molecule has 1 aliphatic carbocycles. The number of carboxylic acid groups (broad SMARTS) is 1. The zero-order valence-corrected chi connectivity index (χ0v) is 12.5. The van der Waals surface area contributed by atoms with Crippen molar-refractivity contribution < 1.29 is 24.2 Å². The second kappa shape index (κ2) is 6.22. The number of rotatable bonds is 6. The summed E-state index contributed by atoms with van der Waals surface area (Å²) >= 11 is 6.07. The standard InChI is InChI=1S/C14H16ClNO5/c1-20-11-6-8(5-10(15)13(11)21-2)14(19)16(7-12(17)18)9-3-4-9/h5-6,9H,3-4,7H2,1-2H3,(H,17,18). The zero-order valence-electron chi connectivity index (χ0n) is 11.8. The maximum atomic E-state index is 12.5. The number of carboxylic acids is 1. The van der Waals surface area contributed by atoms with Crippen molar-refractivity contribution in [2.75, 3.05) is 20.8 Å². The number of methoxy groups -OCH3 is 2. The monoisotopic (exact) mass is 313 g/mol. The van der Waals surface area contributed by atoms with E-state index in [1.165, 1.54) is 31.3 Å². The van der Waals surface area contributed by atoms with Crippen LogP contribution in [0.2, 0.25) is 5.02 Å². The maximum absolute atomic E-state index is 12.5. The molecular formula is C14H16ClNO5. The van der Waals surface area contributed by atoms with E-state index in [9.17, 15) is 9.59 Å². The molecule has 7 heteroatoms. The summed E-state index contributed by atoms with van der Waals surface area (Å²) in [5.74, 6) is -0.740. The summed E-state index contributed by atoms with van der Waals surface area (Å²) in [5.41, 5.74) is 0.283. The molecule has 21 heavy (non-hydrogen) atoms. The van der Waals surface area contributed by atoms with Crippen LogP contribution >= 0.6 is 11.6 Å². The van der Waals surface area contributed by atoms with Crippen LogP contribution in [-0.4, -0.2) is 48.7 Å². The van der Waals surface area contributed by atoms with E-state index in [2.05, 4.69) is 0 Å². The van der Waals surface area contributed by atoms with E-state index < -0.39 is 5.97 Å². The molecule has 0 aromatic heterocycles. The van der Waals surface area contributed by atoms with Crippen molar-refractivity contribution in [1.29, 1.82) is 0 Å². The molecule has 114 valence electrons. The number of hydrogen-bond acceptors (Lipinski definition) is 4. The van der Waals surface area contributed by atoms with Gasteiger partial charge in [-0.25, -0.2) is 0 Å². The highest BCUT2D eigenvalue weighted by atomic mass is 35.5. The maximum Gasteiger partial charge on any atom is 0.323 e. The smallest absolute Gasteiger partial charge is 0.323 e. The minimum Gasteiger partial charge on any atom is -0.493 e. The van der Waals surface area contributed by atoms with E-state index in [4.69, 9.17) is 26.2 Å². The summed E-state index contributed by atoms with van der Waals surface area (Å²) < 4.78 is 10.3. The van der Waals surface area contributed by atoms with Gasteiger partial charge in [-0.1, -0.05) is 11.6 Å². The molecule has 1 aromatic rings. The molecule has 2 rings (SSSR count). The van der Waals surface area contributed by atoms with Crippen LogP contribution in [0.1, 0.15) is 23.2 Å². The summed E-state index contributed by atoms with van der Waals surface area (Å²) in [6.07, 6.45) is 1.64. The van der Waals surface area contributed by atoms with Crippen molar-refractivity contribution >= 4 is 23.5 Å². The summed E-state index contributed by atoms with van der Waals surface area (Å²) in [4.78, 5) is 24.7. The molecule has 0 aliphatic heterocycles. The van der Waals surface area contributed by atoms with E-state index in [1.54, 1.807) is 0 Å². The van der Waals surface area contributed by atoms with Crippen molar-refractivity contribution in [3.8, 4) is 11.5 Å². The van der Waals surface area contributed by atoms with Crippen LogP contribution in [0.15, 0.2) is 12.1 Å². The molecule has 0 radical (unpaired) electrons. The Labute approximate surface area is 127 Å². The fourth-order valence-electron chi connectivity index (χ4n) is 2.11. The first-order valence-electron chi connectivity index (χ1n) is 6.42. The number of carbonyl (C=O) groups is 2. The molecular weight excluding hydrogens is 298 g/mol. The molecule has 0 spiro atoms. The molecule has 1 N–H and O–H groups in total. The molecule has 1 aromatic carbocycles. The number of halogens is 1. The number of hydrogen-bond donors (Lipinski definition) is 1. The summed E-state index contributed by atoms with van der Waals surface area (Å²) in [5, 5.41) is 9.17. The van der Waals surface area contributed by atoms with Crippen molar-refractivity contribution in [1.82, 2.24) is 4.90 Å². The number of benzene rings is 1. The Balaban J connectivity index is 2.33. The van der Waals surface area contributed by atoms with Crippen LogP contribution in [0.3, 0.4) is 0 Å². The van der Waals surface area contributed by atoms with Gasteiger partial charge < -0.3 is 19.5 Å². The summed E-state index contributed by atoms with van der Waals surface area (Å²) in [7, 11) is 2.89. The first-order valence-corrected chi connectivity index (χ1v) is 6.80. The lowest BCUT2D eigenvalue weighted by Gasteiger charge is -2.21. The highest BCUT2D eigenvalue weighted by molar-refractivity contribution is 6.32. The highest BCUT2D eigenvalue weighted by Gasteiger charge is 2.34. The third-order valence-electron chi connectivity index (χ3n) is 3.23. The molecule has 6 nitrogen and oxygen atoms in total. The Hall–Kier alpha value is -1.95. The Bertz CT molecular complexity index is 571. The van der Waals surface area contributed by atoms with Gasteiger partial charge in [0.15, 0.2) is 11.5 Å². The van der Waals surface area contributed by atoms with Gasteiger partial charge in [-0.15, -0.1) is 0 Å². The molecule has 1 amide bonds. The Morgan fingerprint density at radius 1 is 1.33 bits per heavy atom. The van der Waals surface area contributed by atoms with Crippen molar-refractivity contribution in [2.24, 2.45) is 0 Å². The summed E-state index contributed by atoms with van der Waals surface area (Å²) in [6.45, 7) is -0.324. The average Bonchev–Trinajstić information content (AvgIpc) is 3.27. The predicted molar refractivity (Wildman–Crippen MR) is 76.3 cm³/mol. The van der Waals surface area contributed by atoms with Crippen LogP contribution in [0, 0.1) is 0 Å². The first-order chi connectivity index (χ1) is 9.97.